The van der Waals surface area contributed by atoms with Crippen LogP contribution in [0.2, 0.25) is 0 Å². The maximum Gasteiger partial charge on any atom is 0.273 e. The first kappa shape index (κ1) is 12.9. The first-order valence-corrected chi connectivity index (χ1v) is 6.60. The molecule has 1 amide bonds. The largest absolute Gasteiger partial charge is 0.388 e. The van der Waals surface area contributed by atoms with E-state index in [-0.39, 0.29) is 5.91 Å². The number of amides is 1. The molecule has 0 aliphatic carbocycles. The number of aromatic nitrogens is 1. The Morgan fingerprint density at radius 2 is 2.06 bits per heavy atom. The Morgan fingerprint density at radius 1 is 1.39 bits per heavy atom. The van der Waals surface area contributed by atoms with Crippen molar-refractivity contribution < 1.29 is 4.79 Å². The minimum atomic E-state index is 0.0480. The van der Waals surface area contributed by atoms with Crippen LogP contribution in [0.4, 0.5) is 5.69 Å². The lowest BCUT2D eigenvalue weighted by atomic mass is 9.97. The number of hydrogen-bond donors (Lipinski definition) is 1. The van der Waals surface area contributed by atoms with Gasteiger partial charge in [-0.3, -0.25) is 9.78 Å². The summed E-state index contributed by atoms with van der Waals surface area (Å²) in [5.74, 6) is 0.0480. The molecule has 0 radical (unpaired) electrons. The summed E-state index contributed by atoms with van der Waals surface area (Å²) in [6.07, 6.45) is 5.05. The molecule has 0 spiro atoms. The number of piperidine rings is 1. The highest BCUT2D eigenvalue weighted by Gasteiger charge is 2.30. The second-order valence-electron chi connectivity index (χ2n) is 5.02. The van der Waals surface area contributed by atoms with Gasteiger partial charge in [-0.15, -0.1) is 0 Å². The quantitative estimate of drug-likeness (QED) is 0.873. The van der Waals surface area contributed by atoms with Crippen LogP contribution in [0.25, 0.3) is 0 Å². The van der Waals surface area contributed by atoms with Crippen LogP contribution in [0, 0.1) is 0 Å². The smallest absolute Gasteiger partial charge is 0.273 e. The van der Waals surface area contributed by atoms with E-state index in [0.717, 1.165) is 18.5 Å². The number of nitrogens with one attached hydrogen (secondary N) is 1. The zero-order valence-electron chi connectivity index (χ0n) is 11.3. The molecule has 1 aliphatic heterocycles. The summed E-state index contributed by atoms with van der Waals surface area (Å²) >= 11 is 0. The highest BCUT2D eigenvalue weighted by atomic mass is 16.2. The molecule has 2 rings (SSSR count). The first-order valence-electron chi connectivity index (χ1n) is 6.60. The van der Waals surface area contributed by atoms with Crippen molar-refractivity contribution in [3.8, 4) is 0 Å². The fourth-order valence-electron chi connectivity index (χ4n) is 2.66. The Morgan fingerprint density at radius 3 is 2.67 bits per heavy atom. The third-order valence-electron chi connectivity index (χ3n) is 3.70. The fourth-order valence-corrected chi connectivity index (χ4v) is 2.66. The Bertz CT molecular complexity index is 423. The number of carbonyl (C=O) groups is 1. The number of pyridine rings is 1. The Hall–Kier alpha value is -1.58. The van der Waals surface area contributed by atoms with E-state index >= 15 is 0 Å². The Balaban J connectivity index is 2.23. The molecule has 98 valence electrons. The lowest BCUT2D eigenvalue weighted by Crippen LogP contribution is -2.47. The third kappa shape index (κ3) is 2.47. The maximum atomic E-state index is 12.5. The average molecular weight is 247 g/mol. The van der Waals surface area contributed by atoms with Crippen LogP contribution in [0.15, 0.2) is 18.3 Å². The van der Waals surface area contributed by atoms with Crippen LogP contribution in [0.5, 0.6) is 0 Å². The van der Waals surface area contributed by atoms with Crippen molar-refractivity contribution in [3.63, 3.8) is 0 Å². The second-order valence-corrected chi connectivity index (χ2v) is 5.02. The van der Waals surface area contributed by atoms with E-state index in [9.17, 15) is 4.79 Å². The van der Waals surface area contributed by atoms with Crippen molar-refractivity contribution >= 4 is 11.6 Å². The normalized spacial score (nSPS) is 23.8. The molecule has 1 aliphatic rings. The van der Waals surface area contributed by atoms with Gasteiger partial charge >= 0.3 is 0 Å². The lowest BCUT2D eigenvalue weighted by molar-refractivity contribution is 0.0504. The molecule has 4 nitrogen and oxygen atoms in total. The van der Waals surface area contributed by atoms with Gasteiger partial charge in [-0.05, 0) is 45.2 Å². The summed E-state index contributed by atoms with van der Waals surface area (Å²) in [6, 6.07) is 4.29. The van der Waals surface area contributed by atoms with Gasteiger partial charge in [0.05, 0.1) is 0 Å². The molecule has 1 fully saturated rings. The summed E-state index contributed by atoms with van der Waals surface area (Å²) in [4.78, 5) is 18.7. The van der Waals surface area contributed by atoms with Crippen LogP contribution in [-0.4, -0.2) is 34.9 Å². The van der Waals surface area contributed by atoms with E-state index in [4.69, 9.17) is 0 Å². The SMILES string of the molecule is CNc1ccnc(C(=O)N2C(C)CCCC2C)c1. The van der Waals surface area contributed by atoms with Gasteiger partial charge in [-0.1, -0.05) is 0 Å². The van der Waals surface area contributed by atoms with Gasteiger partial charge in [-0.2, -0.15) is 0 Å². The highest BCUT2D eigenvalue weighted by molar-refractivity contribution is 5.93. The van der Waals surface area contributed by atoms with Crippen LogP contribution >= 0.6 is 0 Å². The molecule has 0 aromatic carbocycles. The van der Waals surface area contributed by atoms with Crippen molar-refractivity contribution in [1.82, 2.24) is 9.88 Å². The third-order valence-corrected chi connectivity index (χ3v) is 3.70. The minimum absolute atomic E-state index is 0.0480. The summed E-state index contributed by atoms with van der Waals surface area (Å²) in [6.45, 7) is 4.24. The number of anilines is 1. The lowest BCUT2D eigenvalue weighted by Gasteiger charge is -2.38. The molecular weight excluding hydrogens is 226 g/mol. The van der Waals surface area contributed by atoms with Crippen LogP contribution in [0.1, 0.15) is 43.6 Å². The van der Waals surface area contributed by atoms with Gasteiger partial charge in [0.25, 0.3) is 5.91 Å². The fraction of sp³-hybridized carbons (Fsp3) is 0.571. The van der Waals surface area contributed by atoms with Gasteiger partial charge in [0.15, 0.2) is 0 Å². The van der Waals surface area contributed by atoms with Gasteiger partial charge < -0.3 is 10.2 Å². The van der Waals surface area contributed by atoms with Crippen molar-refractivity contribution in [2.24, 2.45) is 0 Å². The Kier molecular flexibility index (Phi) is 3.84. The van der Waals surface area contributed by atoms with Crippen LogP contribution in [0.3, 0.4) is 0 Å². The van der Waals surface area contributed by atoms with Gasteiger partial charge in [0.1, 0.15) is 5.69 Å². The molecule has 2 atom stereocenters. The maximum absolute atomic E-state index is 12.5. The molecule has 0 bridgehead atoms. The summed E-state index contributed by atoms with van der Waals surface area (Å²) in [5.41, 5.74) is 1.45. The number of carbonyl (C=O) groups excluding carboxylic acids is 1. The second kappa shape index (κ2) is 5.38. The monoisotopic (exact) mass is 247 g/mol. The van der Waals surface area contributed by atoms with Crippen LogP contribution in [-0.2, 0) is 0 Å². The summed E-state index contributed by atoms with van der Waals surface area (Å²) in [7, 11) is 1.84. The minimum Gasteiger partial charge on any atom is -0.388 e. The van der Waals surface area contributed by atoms with Crippen molar-refractivity contribution in [1.29, 1.82) is 0 Å². The topological polar surface area (TPSA) is 45.2 Å². The van der Waals surface area contributed by atoms with Crippen molar-refractivity contribution in [2.45, 2.75) is 45.2 Å². The van der Waals surface area contributed by atoms with Gasteiger partial charge in [0.2, 0.25) is 0 Å². The molecular formula is C14H21N3O. The van der Waals surface area contributed by atoms with E-state index in [1.165, 1.54) is 6.42 Å². The molecule has 1 aromatic rings. The molecule has 1 saturated heterocycles. The van der Waals surface area contributed by atoms with E-state index in [0.29, 0.717) is 17.8 Å². The first-order chi connectivity index (χ1) is 8.63. The number of nitrogens with zero attached hydrogens (tertiary/aromatic N) is 2. The number of rotatable bonds is 2. The zero-order chi connectivity index (χ0) is 13.1. The standard InChI is InChI=1S/C14H21N3O/c1-10-5-4-6-11(2)17(10)14(18)13-9-12(15-3)7-8-16-13/h7-11H,4-6H2,1-3H3,(H,15,16). The molecule has 2 heterocycles. The predicted molar refractivity (Wildman–Crippen MR) is 72.7 cm³/mol. The predicted octanol–water partition coefficient (Wildman–Crippen LogP) is 2.53. The van der Waals surface area contributed by atoms with E-state index < -0.39 is 0 Å². The summed E-state index contributed by atoms with van der Waals surface area (Å²) < 4.78 is 0. The van der Waals surface area contributed by atoms with Crippen LogP contribution < -0.4 is 5.32 Å². The van der Waals surface area contributed by atoms with E-state index in [1.54, 1.807) is 6.20 Å². The highest BCUT2D eigenvalue weighted by Crippen LogP contribution is 2.24. The van der Waals surface area contributed by atoms with Crippen molar-refractivity contribution in [2.75, 3.05) is 12.4 Å². The molecule has 1 aromatic heterocycles. The van der Waals surface area contributed by atoms with Gasteiger partial charge in [-0.25, -0.2) is 0 Å². The summed E-state index contributed by atoms with van der Waals surface area (Å²) in [5, 5.41) is 3.04. The molecule has 1 N–H and O–H groups in total. The van der Waals surface area contributed by atoms with Gasteiger partial charge in [0, 0.05) is 31.0 Å². The average Bonchev–Trinajstić information content (AvgIpc) is 2.38. The molecule has 0 saturated carbocycles. The number of hydrogen-bond acceptors (Lipinski definition) is 3. The van der Waals surface area contributed by atoms with E-state index in [2.05, 4.69) is 24.1 Å². The molecule has 2 unspecified atom stereocenters. The van der Waals surface area contributed by atoms with E-state index in [1.807, 2.05) is 24.1 Å². The Labute approximate surface area is 108 Å². The molecule has 18 heavy (non-hydrogen) atoms. The number of likely N-dealkylation sites (tertiary alicyclic amines) is 1. The van der Waals surface area contributed by atoms with Crippen molar-refractivity contribution in [3.05, 3.63) is 24.0 Å². The zero-order valence-corrected chi connectivity index (χ0v) is 11.3. The molecule has 4 heteroatoms.